The van der Waals surface area contributed by atoms with Crippen molar-refractivity contribution in [3.63, 3.8) is 0 Å². The molecule has 1 heterocycles. The molecule has 0 saturated carbocycles. The van der Waals surface area contributed by atoms with E-state index in [0.717, 1.165) is 9.37 Å². The first-order valence-corrected chi connectivity index (χ1v) is 5.21. The van der Waals surface area contributed by atoms with Gasteiger partial charge in [0, 0.05) is 4.47 Å². The van der Waals surface area contributed by atoms with E-state index in [9.17, 15) is 9.59 Å². The number of hydrogen-bond donors (Lipinski definition) is 1. The summed E-state index contributed by atoms with van der Waals surface area (Å²) in [6, 6.07) is 4.94. The minimum atomic E-state index is -0.342. The molecule has 0 atom stereocenters. The molecule has 78 valence electrons. The summed E-state index contributed by atoms with van der Waals surface area (Å²) in [5.41, 5.74) is 0.791. The van der Waals surface area contributed by atoms with Crippen molar-refractivity contribution in [2.45, 2.75) is 0 Å². The minimum absolute atomic E-state index is 0.0456. The maximum atomic E-state index is 11.7. The molecule has 0 aliphatic carbocycles. The highest BCUT2D eigenvalue weighted by Gasteiger charge is 2.34. The number of fused-ring (bicyclic) bond motifs is 1. The van der Waals surface area contributed by atoms with Crippen molar-refractivity contribution in [3.05, 3.63) is 33.8 Å². The van der Waals surface area contributed by atoms with E-state index in [0.29, 0.717) is 11.1 Å². The number of β-amino-alcohol motifs (C(OH)–C–C–N with tert-alkyl or cyclic N) is 1. The molecule has 2 rings (SSSR count). The number of carbonyl (C=O) groups is 2. The normalized spacial score (nSPS) is 14.7. The number of carbonyl (C=O) groups excluding carboxylic acids is 2. The molecule has 0 unspecified atom stereocenters. The monoisotopic (exact) mass is 269 g/mol. The third-order valence-electron chi connectivity index (χ3n) is 2.26. The predicted molar refractivity (Wildman–Crippen MR) is 56.6 cm³/mol. The van der Waals surface area contributed by atoms with E-state index in [1.165, 1.54) is 0 Å². The Bertz CT molecular complexity index is 444. The largest absolute Gasteiger partial charge is 0.395 e. The van der Waals surface area contributed by atoms with Crippen molar-refractivity contribution in [3.8, 4) is 0 Å². The molecule has 0 radical (unpaired) electrons. The molecule has 0 aromatic heterocycles. The zero-order chi connectivity index (χ0) is 11.0. The summed E-state index contributed by atoms with van der Waals surface area (Å²) < 4.78 is 0.758. The standard InChI is InChI=1S/C10H8BrNO3/c11-6-1-2-7-8(5-6)10(15)12(3-4-13)9(7)14/h1-2,5,13H,3-4H2. The zero-order valence-electron chi connectivity index (χ0n) is 7.74. The van der Waals surface area contributed by atoms with Crippen LogP contribution in [-0.4, -0.2) is 35.0 Å². The highest BCUT2D eigenvalue weighted by Crippen LogP contribution is 2.25. The van der Waals surface area contributed by atoms with E-state index in [-0.39, 0.29) is 25.0 Å². The SMILES string of the molecule is O=C1c2ccc(Br)cc2C(=O)N1CCO. The number of halogens is 1. The van der Waals surface area contributed by atoms with Crippen molar-refractivity contribution in [2.75, 3.05) is 13.2 Å². The lowest BCUT2D eigenvalue weighted by Gasteiger charge is -2.10. The quantitative estimate of drug-likeness (QED) is 0.817. The molecular weight excluding hydrogens is 262 g/mol. The fraction of sp³-hybridized carbons (Fsp3) is 0.200. The van der Waals surface area contributed by atoms with Gasteiger partial charge in [-0.25, -0.2) is 0 Å². The number of rotatable bonds is 2. The summed E-state index contributed by atoms with van der Waals surface area (Å²) in [6.07, 6.45) is 0. The van der Waals surface area contributed by atoms with Crippen LogP contribution >= 0.6 is 15.9 Å². The Morgan fingerprint density at radius 1 is 1.20 bits per heavy atom. The molecule has 1 N–H and O–H groups in total. The molecule has 1 aliphatic rings. The van der Waals surface area contributed by atoms with Crippen LogP contribution in [-0.2, 0) is 0 Å². The van der Waals surface area contributed by atoms with Crippen LogP contribution in [0, 0.1) is 0 Å². The fourth-order valence-corrected chi connectivity index (χ4v) is 1.93. The fourth-order valence-electron chi connectivity index (χ4n) is 1.57. The molecule has 1 aliphatic heterocycles. The number of imide groups is 1. The summed E-state index contributed by atoms with van der Waals surface area (Å²) in [5, 5.41) is 8.74. The molecule has 0 fully saturated rings. The lowest BCUT2D eigenvalue weighted by Crippen LogP contribution is -2.32. The zero-order valence-corrected chi connectivity index (χ0v) is 9.32. The second kappa shape index (κ2) is 3.75. The van der Waals surface area contributed by atoms with Crippen LogP contribution in [0.5, 0.6) is 0 Å². The Morgan fingerprint density at radius 2 is 1.87 bits per heavy atom. The Kier molecular flexibility index (Phi) is 2.58. The molecule has 15 heavy (non-hydrogen) atoms. The maximum absolute atomic E-state index is 11.7. The smallest absolute Gasteiger partial charge is 0.261 e. The van der Waals surface area contributed by atoms with E-state index in [4.69, 9.17) is 5.11 Å². The number of hydrogen-bond acceptors (Lipinski definition) is 3. The van der Waals surface area contributed by atoms with Gasteiger partial charge < -0.3 is 5.11 Å². The highest BCUT2D eigenvalue weighted by atomic mass is 79.9. The lowest BCUT2D eigenvalue weighted by atomic mass is 10.1. The van der Waals surface area contributed by atoms with Crippen LogP contribution in [0.4, 0.5) is 0 Å². The van der Waals surface area contributed by atoms with Crippen molar-refractivity contribution >= 4 is 27.7 Å². The van der Waals surface area contributed by atoms with Gasteiger partial charge in [-0.05, 0) is 18.2 Å². The summed E-state index contributed by atoms with van der Waals surface area (Å²) >= 11 is 3.24. The van der Waals surface area contributed by atoms with Crippen molar-refractivity contribution in [2.24, 2.45) is 0 Å². The topological polar surface area (TPSA) is 57.6 Å². The summed E-state index contributed by atoms with van der Waals surface area (Å²) in [7, 11) is 0. The number of aliphatic hydroxyl groups is 1. The summed E-state index contributed by atoms with van der Waals surface area (Å²) in [4.78, 5) is 24.5. The van der Waals surface area contributed by atoms with Crippen LogP contribution in [0.1, 0.15) is 20.7 Å². The van der Waals surface area contributed by atoms with E-state index >= 15 is 0 Å². The first kappa shape index (κ1) is 10.3. The Hall–Kier alpha value is -1.20. The van der Waals surface area contributed by atoms with Crippen LogP contribution in [0.3, 0.4) is 0 Å². The van der Waals surface area contributed by atoms with Gasteiger partial charge in [0.1, 0.15) is 0 Å². The van der Waals surface area contributed by atoms with Gasteiger partial charge >= 0.3 is 0 Å². The Labute approximate surface area is 94.6 Å². The van der Waals surface area contributed by atoms with Gasteiger partial charge in [0.05, 0.1) is 24.3 Å². The van der Waals surface area contributed by atoms with Crippen molar-refractivity contribution in [1.82, 2.24) is 4.90 Å². The van der Waals surface area contributed by atoms with Crippen LogP contribution in [0.2, 0.25) is 0 Å². The molecule has 0 bridgehead atoms. The summed E-state index contributed by atoms with van der Waals surface area (Å²) in [6.45, 7) is -0.170. The van der Waals surface area contributed by atoms with Crippen molar-refractivity contribution < 1.29 is 14.7 Å². The number of benzene rings is 1. The number of amides is 2. The summed E-state index contributed by atoms with van der Waals surface area (Å²) in [5.74, 6) is -0.679. The predicted octanol–water partition coefficient (Wildman–Crippen LogP) is 1.04. The average Bonchev–Trinajstić information content (AvgIpc) is 2.44. The molecule has 5 heteroatoms. The van der Waals surface area contributed by atoms with Gasteiger partial charge in [-0.3, -0.25) is 14.5 Å². The number of aliphatic hydroxyl groups excluding tert-OH is 1. The van der Waals surface area contributed by atoms with E-state index in [2.05, 4.69) is 15.9 Å². The van der Waals surface area contributed by atoms with Crippen LogP contribution in [0.25, 0.3) is 0 Å². The molecule has 2 amide bonds. The Morgan fingerprint density at radius 3 is 2.53 bits per heavy atom. The second-order valence-corrected chi connectivity index (χ2v) is 4.09. The average molecular weight is 270 g/mol. The minimum Gasteiger partial charge on any atom is -0.395 e. The van der Waals surface area contributed by atoms with E-state index < -0.39 is 0 Å². The second-order valence-electron chi connectivity index (χ2n) is 3.18. The molecule has 1 aromatic rings. The Balaban J connectivity index is 2.46. The van der Waals surface area contributed by atoms with E-state index in [1.54, 1.807) is 18.2 Å². The van der Waals surface area contributed by atoms with Crippen LogP contribution < -0.4 is 0 Å². The lowest BCUT2D eigenvalue weighted by molar-refractivity contribution is 0.0624. The van der Waals surface area contributed by atoms with E-state index in [1.807, 2.05) is 0 Å². The third kappa shape index (κ3) is 1.57. The van der Waals surface area contributed by atoms with Gasteiger partial charge in [0.15, 0.2) is 0 Å². The molecule has 0 spiro atoms. The molecule has 0 saturated heterocycles. The van der Waals surface area contributed by atoms with Gasteiger partial charge in [0.25, 0.3) is 11.8 Å². The maximum Gasteiger partial charge on any atom is 0.261 e. The van der Waals surface area contributed by atoms with Gasteiger partial charge in [-0.1, -0.05) is 15.9 Å². The highest BCUT2D eigenvalue weighted by molar-refractivity contribution is 9.10. The first-order valence-electron chi connectivity index (χ1n) is 4.41. The van der Waals surface area contributed by atoms with Gasteiger partial charge in [-0.2, -0.15) is 0 Å². The first-order chi connectivity index (χ1) is 7.15. The number of nitrogens with zero attached hydrogens (tertiary/aromatic N) is 1. The van der Waals surface area contributed by atoms with Gasteiger partial charge in [0.2, 0.25) is 0 Å². The van der Waals surface area contributed by atoms with Crippen molar-refractivity contribution in [1.29, 1.82) is 0 Å². The van der Waals surface area contributed by atoms with Gasteiger partial charge in [-0.15, -0.1) is 0 Å². The molecule has 4 nitrogen and oxygen atoms in total. The van der Waals surface area contributed by atoms with Crippen LogP contribution in [0.15, 0.2) is 22.7 Å². The third-order valence-corrected chi connectivity index (χ3v) is 2.75. The molecular formula is C10H8BrNO3. The molecule has 1 aromatic carbocycles.